The molecule has 6 rings (SSSR count). The molecule has 0 saturated carbocycles. The minimum absolute atomic E-state index is 0.0389. The van der Waals surface area contributed by atoms with Crippen LogP contribution in [0.15, 0.2) is 6.07 Å². The Balaban J connectivity index is 1.65. The first-order valence-electron chi connectivity index (χ1n) is 12.7. The van der Waals surface area contributed by atoms with Gasteiger partial charge in [-0.25, -0.2) is 0 Å². The van der Waals surface area contributed by atoms with E-state index in [0.29, 0.717) is 29.0 Å². The molecule has 0 radical (unpaired) electrons. The van der Waals surface area contributed by atoms with E-state index in [9.17, 15) is 15.5 Å². The lowest BCUT2D eigenvalue weighted by Gasteiger charge is -2.61. The average Bonchev–Trinajstić information content (AvgIpc) is 3.33. The van der Waals surface area contributed by atoms with Crippen LogP contribution in [0.1, 0.15) is 70.5 Å². The molecule has 0 aromatic heterocycles. The van der Waals surface area contributed by atoms with Gasteiger partial charge in [0.05, 0.1) is 25.3 Å². The van der Waals surface area contributed by atoms with Crippen LogP contribution in [0.4, 0.5) is 0 Å². The quantitative estimate of drug-likeness (QED) is 0.656. The van der Waals surface area contributed by atoms with Crippen molar-refractivity contribution < 1.29 is 24.4 Å². The Morgan fingerprint density at radius 2 is 1.86 bits per heavy atom. The summed E-state index contributed by atoms with van der Waals surface area (Å²) in [5.74, 6) is 2.01. The summed E-state index contributed by atoms with van der Waals surface area (Å²) < 4.78 is 17.4. The van der Waals surface area contributed by atoms with Gasteiger partial charge in [-0.1, -0.05) is 13.0 Å². The first kappa shape index (κ1) is 23.4. The number of methoxy groups -OCH3 is 1. The molecule has 4 aliphatic rings. The van der Waals surface area contributed by atoms with E-state index in [1.165, 1.54) is 5.56 Å². The number of phenolic OH excluding ortho intramolecular Hbond substituents is 1. The van der Waals surface area contributed by atoms with Crippen molar-refractivity contribution in [3.05, 3.63) is 45.0 Å². The van der Waals surface area contributed by atoms with Crippen molar-refractivity contribution in [3.63, 3.8) is 0 Å². The van der Waals surface area contributed by atoms with Gasteiger partial charge in [-0.15, -0.1) is 0 Å². The molecular weight excluding hydrogens is 458 g/mol. The Morgan fingerprint density at radius 1 is 1.14 bits per heavy atom. The highest BCUT2D eigenvalue weighted by molar-refractivity contribution is 5.66. The lowest BCUT2D eigenvalue weighted by molar-refractivity contribution is -0.120. The van der Waals surface area contributed by atoms with Crippen molar-refractivity contribution in [2.24, 2.45) is 0 Å². The first-order chi connectivity index (χ1) is 17.3. The highest BCUT2D eigenvalue weighted by Gasteiger charge is 2.58. The average molecular weight is 492 g/mol. The second kappa shape index (κ2) is 8.01. The summed E-state index contributed by atoms with van der Waals surface area (Å²) in [6.45, 7) is 8.08. The topological polar surface area (TPSA) is 98.4 Å². The lowest BCUT2D eigenvalue weighted by Crippen LogP contribution is -2.69. The van der Waals surface area contributed by atoms with E-state index in [1.54, 1.807) is 14.0 Å². The SMILES string of the molecule is CC[C@H]1c2c3c(c(C)c(O)c2[C@@H](O)[C@@H]2C4c5c(cc(C)c(OC)c5C)CC([C@H](C#N)N12)N4C)OCO3. The summed E-state index contributed by atoms with van der Waals surface area (Å²) in [5.41, 5.74) is 6.31. The highest BCUT2D eigenvalue weighted by atomic mass is 16.7. The van der Waals surface area contributed by atoms with Gasteiger partial charge in [0, 0.05) is 28.8 Å². The monoisotopic (exact) mass is 491 g/mol. The summed E-state index contributed by atoms with van der Waals surface area (Å²) in [5, 5.41) is 33.9. The van der Waals surface area contributed by atoms with Gasteiger partial charge >= 0.3 is 0 Å². The van der Waals surface area contributed by atoms with Crippen molar-refractivity contribution in [3.8, 4) is 29.1 Å². The fourth-order valence-corrected chi connectivity index (χ4v) is 7.60. The van der Waals surface area contributed by atoms with Crippen molar-refractivity contribution in [1.29, 1.82) is 5.26 Å². The number of aryl methyl sites for hydroxylation is 1. The molecule has 190 valence electrons. The number of aromatic hydroxyl groups is 1. The van der Waals surface area contributed by atoms with Gasteiger partial charge in [0.15, 0.2) is 11.5 Å². The standard InChI is InChI=1S/C28H33N3O5/c1-7-16-20-21(24(32)14(4)27-28(20)36-11-35-27)25(33)23-22-19-13(3)26(34-6)12(2)8-15(19)9-17(30(22)5)18(10-29)31(16)23/h8,16-18,22-23,25,32-33H,7,9,11H2,1-6H3/t16-,17?,18-,22?,23-,25+/m0/s1. The number of likely N-dealkylation sites (N-methyl/N-ethyl adjacent to an activating group) is 1. The van der Waals surface area contributed by atoms with Gasteiger partial charge in [0.25, 0.3) is 0 Å². The molecule has 0 spiro atoms. The van der Waals surface area contributed by atoms with Gasteiger partial charge in [-0.05, 0) is 62.9 Å². The van der Waals surface area contributed by atoms with E-state index in [0.717, 1.165) is 34.4 Å². The summed E-state index contributed by atoms with van der Waals surface area (Å²) >= 11 is 0. The summed E-state index contributed by atoms with van der Waals surface area (Å²) in [7, 11) is 3.75. The number of nitriles is 1. The predicted molar refractivity (Wildman–Crippen MR) is 132 cm³/mol. The van der Waals surface area contributed by atoms with Crippen LogP contribution in [0.2, 0.25) is 0 Å². The molecular formula is C28H33N3O5. The van der Waals surface area contributed by atoms with Crippen LogP contribution in [0.3, 0.4) is 0 Å². The summed E-state index contributed by atoms with van der Waals surface area (Å²) in [6, 6.07) is 3.46. The molecule has 0 amide bonds. The molecule has 1 saturated heterocycles. The molecule has 4 heterocycles. The molecule has 2 N–H and O–H groups in total. The zero-order chi connectivity index (χ0) is 25.6. The maximum atomic E-state index is 12.1. The molecule has 6 atom stereocenters. The minimum atomic E-state index is -1.03. The molecule has 36 heavy (non-hydrogen) atoms. The van der Waals surface area contributed by atoms with E-state index >= 15 is 0 Å². The van der Waals surface area contributed by atoms with E-state index in [-0.39, 0.29) is 30.7 Å². The Bertz CT molecular complexity index is 1320. The smallest absolute Gasteiger partial charge is 0.231 e. The molecule has 8 heteroatoms. The molecule has 2 aromatic carbocycles. The van der Waals surface area contributed by atoms with Gasteiger partial charge in [0.1, 0.15) is 23.6 Å². The van der Waals surface area contributed by atoms with Crippen LogP contribution < -0.4 is 14.2 Å². The van der Waals surface area contributed by atoms with E-state index in [2.05, 4.69) is 49.8 Å². The molecule has 4 aliphatic heterocycles. The largest absolute Gasteiger partial charge is 0.507 e. The number of phenols is 1. The van der Waals surface area contributed by atoms with E-state index in [1.807, 2.05) is 0 Å². The lowest BCUT2D eigenvalue weighted by atomic mass is 9.69. The van der Waals surface area contributed by atoms with Gasteiger partial charge in [0.2, 0.25) is 6.79 Å². The zero-order valence-corrected chi connectivity index (χ0v) is 21.6. The molecule has 0 aliphatic carbocycles. The summed E-state index contributed by atoms with van der Waals surface area (Å²) in [6.07, 6.45) is 0.405. The number of ether oxygens (including phenoxy) is 3. The van der Waals surface area contributed by atoms with Crippen molar-refractivity contribution in [2.75, 3.05) is 21.0 Å². The number of rotatable bonds is 2. The number of aliphatic hydroxyl groups excluding tert-OH is 1. The second-order valence-corrected chi connectivity index (χ2v) is 10.6. The Labute approximate surface area is 211 Å². The fourth-order valence-electron chi connectivity index (χ4n) is 7.60. The van der Waals surface area contributed by atoms with Crippen LogP contribution >= 0.6 is 0 Å². The highest BCUT2D eigenvalue weighted by Crippen LogP contribution is 2.60. The van der Waals surface area contributed by atoms with Gasteiger partial charge in [-0.3, -0.25) is 9.80 Å². The van der Waals surface area contributed by atoms with E-state index in [4.69, 9.17) is 14.2 Å². The molecule has 8 nitrogen and oxygen atoms in total. The maximum absolute atomic E-state index is 12.1. The van der Waals surface area contributed by atoms with Gasteiger partial charge < -0.3 is 24.4 Å². The number of aliphatic hydroxyl groups is 1. The Kier molecular flexibility index (Phi) is 5.21. The zero-order valence-electron chi connectivity index (χ0n) is 21.6. The van der Waals surface area contributed by atoms with Crippen LogP contribution in [0.25, 0.3) is 0 Å². The third-order valence-electron chi connectivity index (χ3n) is 9.01. The maximum Gasteiger partial charge on any atom is 0.231 e. The molecule has 2 aromatic rings. The number of hydrogen-bond donors (Lipinski definition) is 2. The Hall–Kier alpha value is -2.99. The predicted octanol–water partition coefficient (Wildman–Crippen LogP) is 3.73. The van der Waals surface area contributed by atoms with Crippen LogP contribution in [-0.2, 0) is 6.42 Å². The van der Waals surface area contributed by atoms with Crippen LogP contribution in [0, 0.1) is 32.1 Å². The summed E-state index contributed by atoms with van der Waals surface area (Å²) in [4.78, 5) is 4.46. The van der Waals surface area contributed by atoms with Crippen LogP contribution in [-0.4, -0.2) is 59.1 Å². The number of hydrogen-bond acceptors (Lipinski definition) is 8. The molecule has 2 unspecified atom stereocenters. The number of fused-ring (bicyclic) bond motifs is 9. The van der Waals surface area contributed by atoms with Crippen molar-refractivity contribution in [2.45, 2.75) is 76.8 Å². The number of nitrogens with zero attached hydrogens (tertiary/aromatic N) is 3. The third-order valence-corrected chi connectivity index (χ3v) is 9.01. The second-order valence-electron chi connectivity index (χ2n) is 10.6. The molecule has 2 bridgehead atoms. The minimum Gasteiger partial charge on any atom is -0.507 e. The normalized spacial score (nSPS) is 30.3. The first-order valence-corrected chi connectivity index (χ1v) is 12.7. The Morgan fingerprint density at radius 3 is 2.53 bits per heavy atom. The van der Waals surface area contributed by atoms with Crippen molar-refractivity contribution >= 4 is 0 Å². The van der Waals surface area contributed by atoms with Crippen LogP contribution in [0.5, 0.6) is 23.0 Å². The van der Waals surface area contributed by atoms with Crippen molar-refractivity contribution in [1.82, 2.24) is 9.80 Å². The number of benzene rings is 2. The van der Waals surface area contributed by atoms with Gasteiger partial charge in [-0.2, -0.15) is 5.26 Å². The van der Waals surface area contributed by atoms with E-state index < -0.39 is 18.2 Å². The molecule has 1 fully saturated rings. The number of piperazine rings is 1. The fraction of sp³-hybridized carbons (Fsp3) is 0.536. The third kappa shape index (κ3) is 2.74.